The number of non-ortho nitro benzene ring substituents is 1. The highest BCUT2D eigenvalue weighted by Crippen LogP contribution is 2.17. The van der Waals surface area contributed by atoms with Gasteiger partial charge in [-0.05, 0) is 36.4 Å². The van der Waals surface area contributed by atoms with Gasteiger partial charge in [-0.2, -0.15) is 0 Å². The molecule has 2 aromatic rings. The summed E-state index contributed by atoms with van der Waals surface area (Å²) in [7, 11) is 0. The average molecular weight is 315 g/mol. The molecule has 0 saturated carbocycles. The number of nitrogens with one attached hydrogen (secondary N) is 1. The van der Waals surface area contributed by atoms with Gasteiger partial charge in [0.1, 0.15) is 5.75 Å². The highest BCUT2D eigenvalue weighted by atomic mass is 16.6. The second-order valence-electron chi connectivity index (χ2n) is 4.53. The Morgan fingerprint density at radius 1 is 1.09 bits per heavy atom. The van der Waals surface area contributed by atoms with E-state index in [1.54, 1.807) is 12.1 Å². The molecule has 2 rings (SSSR count). The molecular weight excluding hydrogens is 302 g/mol. The number of nitro benzene ring substituents is 1. The molecule has 0 saturated heterocycles. The molecule has 0 aliphatic carbocycles. The fourth-order valence-electron chi connectivity index (χ4n) is 1.78. The quantitative estimate of drug-likeness (QED) is 0.481. The molecule has 0 heterocycles. The molecule has 0 aliphatic rings. The van der Waals surface area contributed by atoms with E-state index in [0.717, 1.165) is 0 Å². The summed E-state index contributed by atoms with van der Waals surface area (Å²) in [5, 5.41) is 12.9. The van der Waals surface area contributed by atoms with E-state index in [1.807, 2.05) is 0 Å². The topological polar surface area (TPSA) is 125 Å². The Bertz CT molecular complexity index is 726. The predicted octanol–water partition coefficient (Wildman–Crippen LogP) is 2.35. The van der Waals surface area contributed by atoms with E-state index in [0.29, 0.717) is 17.0 Å². The standard InChI is InChI=1S/C15H13N3O5/c16-15(20)17-11-3-1-10(2-4-11)14(19)9-23-13-7-5-12(6-8-13)18(21)22/h1-8H,9H2,(H3,16,17,20). The number of hydrogen-bond donors (Lipinski definition) is 2. The molecule has 0 aromatic heterocycles. The first-order valence-electron chi connectivity index (χ1n) is 6.52. The van der Waals surface area contributed by atoms with Crippen LogP contribution in [0.25, 0.3) is 0 Å². The van der Waals surface area contributed by atoms with E-state index in [-0.39, 0.29) is 18.1 Å². The van der Waals surface area contributed by atoms with E-state index in [4.69, 9.17) is 10.5 Å². The number of nitro groups is 1. The molecule has 0 fully saturated rings. The number of primary amides is 1. The van der Waals surface area contributed by atoms with E-state index in [2.05, 4.69) is 5.32 Å². The van der Waals surface area contributed by atoms with Crippen molar-refractivity contribution in [2.45, 2.75) is 0 Å². The van der Waals surface area contributed by atoms with Gasteiger partial charge in [-0.3, -0.25) is 14.9 Å². The maximum absolute atomic E-state index is 12.0. The smallest absolute Gasteiger partial charge is 0.316 e. The van der Waals surface area contributed by atoms with Crippen LogP contribution in [0.2, 0.25) is 0 Å². The van der Waals surface area contributed by atoms with E-state index in [1.165, 1.54) is 36.4 Å². The summed E-state index contributed by atoms with van der Waals surface area (Å²) in [5.74, 6) is 0.0879. The first-order valence-corrected chi connectivity index (χ1v) is 6.52. The van der Waals surface area contributed by atoms with Crippen LogP contribution in [0.15, 0.2) is 48.5 Å². The van der Waals surface area contributed by atoms with Crippen LogP contribution in [-0.4, -0.2) is 23.3 Å². The Morgan fingerprint density at radius 3 is 2.22 bits per heavy atom. The SMILES string of the molecule is NC(=O)Nc1ccc(C(=O)COc2ccc([N+](=O)[O-])cc2)cc1. The average Bonchev–Trinajstić information content (AvgIpc) is 2.53. The van der Waals surface area contributed by atoms with Gasteiger partial charge in [-0.1, -0.05) is 0 Å². The van der Waals surface area contributed by atoms with E-state index in [9.17, 15) is 19.7 Å². The van der Waals surface area contributed by atoms with Crippen LogP contribution in [-0.2, 0) is 0 Å². The van der Waals surface area contributed by atoms with Crippen LogP contribution in [0, 0.1) is 10.1 Å². The van der Waals surface area contributed by atoms with Crippen LogP contribution >= 0.6 is 0 Å². The molecule has 0 spiro atoms. The molecule has 23 heavy (non-hydrogen) atoms. The lowest BCUT2D eigenvalue weighted by Crippen LogP contribution is -2.19. The molecule has 0 unspecified atom stereocenters. The molecule has 0 bridgehead atoms. The Balaban J connectivity index is 1.93. The number of hydrogen-bond acceptors (Lipinski definition) is 5. The van der Waals surface area contributed by atoms with Crippen LogP contribution in [0.5, 0.6) is 5.75 Å². The number of carbonyl (C=O) groups is 2. The summed E-state index contributed by atoms with van der Waals surface area (Å²) < 4.78 is 5.29. The number of amides is 2. The lowest BCUT2D eigenvalue weighted by atomic mass is 10.1. The van der Waals surface area contributed by atoms with Crippen molar-refractivity contribution < 1.29 is 19.2 Å². The van der Waals surface area contributed by atoms with E-state index >= 15 is 0 Å². The number of benzene rings is 2. The predicted molar refractivity (Wildman–Crippen MR) is 82.6 cm³/mol. The Hall–Kier alpha value is -3.42. The molecule has 8 heteroatoms. The van der Waals surface area contributed by atoms with Crippen LogP contribution < -0.4 is 15.8 Å². The van der Waals surface area contributed by atoms with Crippen molar-refractivity contribution in [1.82, 2.24) is 0 Å². The van der Waals surface area contributed by atoms with Crippen LogP contribution in [0.1, 0.15) is 10.4 Å². The normalized spacial score (nSPS) is 9.91. The zero-order chi connectivity index (χ0) is 16.8. The minimum absolute atomic E-state index is 0.0544. The number of nitrogens with two attached hydrogens (primary N) is 1. The van der Waals surface area contributed by atoms with Crippen LogP contribution in [0.4, 0.5) is 16.2 Å². The number of anilines is 1. The fraction of sp³-hybridized carbons (Fsp3) is 0.0667. The van der Waals surface area contributed by atoms with Crippen molar-refractivity contribution in [3.63, 3.8) is 0 Å². The van der Waals surface area contributed by atoms with Gasteiger partial charge in [0.2, 0.25) is 0 Å². The molecule has 118 valence electrons. The number of nitrogens with zero attached hydrogens (tertiary/aromatic N) is 1. The second kappa shape index (κ2) is 7.03. The van der Waals surface area contributed by atoms with Gasteiger partial charge >= 0.3 is 6.03 Å². The summed E-state index contributed by atoms with van der Waals surface area (Å²) in [6, 6.07) is 10.9. The maximum atomic E-state index is 12.0. The zero-order valence-electron chi connectivity index (χ0n) is 11.9. The molecule has 2 amide bonds. The number of Topliss-reactive ketones (excluding diaryl/α,β-unsaturated/α-hetero) is 1. The van der Waals surface area contributed by atoms with Crippen molar-refractivity contribution in [1.29, 1.82) is 0 Å². The van der Waals surface area contributed by atoms with Crippen molar-refractivity contribution >= 4 is 23.2 Å². The Morgan fingerprint density at radius 2 is 1.70 bits per heavy atom. The molecule has 8 nitrogen and oxygen atoms in total. The zero-order valence-corrected chi connectivity index (χ0v) is 11.9. The maximum Gasteiger partial charge on any atom is 0.316 e. The summed E-state index contributed by atoms with van der Waals surface area (Å²) in [6.45, 7) is -0.208. The number of rotatable bonds is 6. The monoisotopic (exact) mass is 315 g/mol. The third kappa shape index (κ3) is 4.53. The van der Waals surface area contributed by atoms with Gasteiger partial charge in [-0.15, -0.1) is 0 Å². The molecule has 3 N–H and O–H groups in total. The molecular formula is C15H13N3O5. The number of carbonyl (C=O) groups excluding carboxylic acids is 2. The van der Waals surface area contributed by atoms with Crippen molar-refractivity contribution in [2.24, 2.45) is 5.73 Å². The van der Waals surface area contributed by atoms with Crippen molar-refractivity contribution in [3.05, 3.63) is 64.2 Å². The summed E-state index contributed by atoms with van der Waals surface area (Å²) in [4.78, 5) is 32.7. The summed E-state index contributed by atoms with van der Waals surface area (Å²) >= 11 is 0. The Labute approximate surface area is 131 Å². The molecule has 0 aliphatic heterocycles. The first kappa shape index (κ1) is 16.0. The molecule has 0 radical (unpaired) electrons. The van der Waals surface area contributed by atoms with E-state index < -0.39 is 11.0 Å². The second-order valence-corrected chi connectivity index (χ2v) is 4.53. The third-order valence-corrected chi connectivity index (χ3v) is 2.89. The molecule has 0 atom stereocenters. The van der Waals surface area contributed by atoms with Gasteiger partial charge in [0.25, 0.3) is 5.69 Å². The first-order chi connectivity index (χ1) is 11.0. The third-order valence-electron chi connectivity index (χ3n) is 2.89. The molecule has 2 aromatic carbocycles. The minimum Gasteiger partial charge on any atom is -0.485 e. The highest BCUT2D eigenvalue weighted by molar-refractivity contribution is 5.98. The van der Waals surface area contributed by atoms with Gasteiger partial charge in [0.05, 0.1) is 4.92 Å². The number of urea groups is 1. The minimum atomic E-state index is -0.689. The van der Waals surface area contributed by atoms with Crippen molar-refractivity contribution in [2.75, 3.05) is 11.9 Å². The lowest BCUT2D eigenvalue weighted by molar-refractivity contribution is -0.384. The van der Waals surface area contributed by atoms with Crippen molar-refractivity contribution in [3.8, 4) is 5.75 Å². The van der Waals surface area contributed by atoms with Gasteiger partial charge < -0.3 is 15.8 Å². The van der Waals surface area contributed by atoms with Gasteiger partial charge in [0.15, 0.2) is 12.4 Å². The van der Waals surface area contributed by atoms with Gasteiger partial charge in [-0.25, -0.2) is 4.79 Å². The lowest BCUT2D eigenvalue weighted by Gasteiger charge is -2.06. The summed E-state index contributed by atoms with van der Waals surface area (Å²) in [5.41, 5.74) is 5.81. The highest BCUT2D eigenvalue weighted by Gasteiger charge is 2.09. The Kier molecular flexibility index (Phi) is 4.88. The number of ketones is 1. The summed E-state index contributed by atoms with van der Waals surface area (Å²) in [6.07, 6.45) is 0. The van der Waals surface area contributed by atoms with Crippen LogP contribution in [0.3, 0.4) is 0 Å². The fourth-order valence-corrected chi connectivity index (χ4v) is 1.78. The van der Waals surface area contributed by atoms with Gasteiger partial charge in [0, 0.05) is 23.4 Å². The number of ether oxygens (including phenoxy) is 1. The largest absolute Gasteiger partial charge is 0.485 e.